The minimum Gasteiger partial charge on any atom is -0.342 e. The second-order valence-electron chi connectivity index (χ2n) is 5.64. The van der Waals surface area contributed by atoms with Crippen LogP contribution in [0.2, 0.25) is 0 Å². The average Bonchev–Trinajstić information content (AvgIpc) is 3.08. The molecule has 0 spiro atoms. The smallest absolute Gasteiger partial charge is 0.227 e. The van der Waals surface area contributed by atoms with E-state index in [0.29, 0.717) is 6.42 Å². The van der Waals surface area contributed by atoms with E-state index < -0.39 is 0 Å². The maximum Gasteiger partial charge on any atom is 0.227 e. The number of carbonyl (C=O) groups excluding carboxylic acids is 1. The maximum atomic E-state index is 12.3. The zero-order valence-corrected chi connectivity index (χ0v) is 13.2. The number of hydrogen-bond acceptors (Lipinski definition) is 4. The van der Waals surface area contributed by atoms with Gasteiger partial charge in [-0.25, -0.2) is 9.97 Å². The number of nitrogens with zero attached hydrogens (tertiary/aromatic N) is 3. The lowest BCUT2D eigenvalue weighted by molar-refractivity contribution is -0.129. The molecule has 0 saturated carbocycles. The van der Waals surface area contributed by atoms with Gasteiger partial charge in [0.15, 0.2) is 0 Å². The summed E-state index contributed by atoms with van der Waals surface area (Å²) in [6.45, 7) is 5.54. The van der Waals surface area contributed by atoms with E-state index in [1.807, 2.05) is 41.6 Å². The van der Waals surface area contributed by atoms with Crippen molar-refractivity contribution in [3.8, 4) is 0 Å². The van der Waals surface area contributed by atoms with Crippen LogP contribution in [0.4, 0.5) is 0 Å². The molecular formula is C16H19N3OS. The highest BCUT2D eigenvalue weighted by Crippen LogP contribution is 2.25. The molecule has 1 aliphatic rings. The molecule has 1 fully saturated rings. The first-order chi connectivity index (χ1) is 10.1. The fourth-order valence-electron chi connectivity index (χ4n) is 2.81. The molecule has 5 heteroatoms. The van der Waals surface area contributed by atoms with Crippen LogP contribution in [-0.4, -0.2) is 33.9 Å². The molecule has 0 radical (unpaired) electrons. The Morgan fingerprint density at radius 2 is 2.14 bits per heavy atom. The lowest BCUT2D eigenvalue weighted by Gasteiger charge is -2.16. The first-order valence-electron chi connectivity index (χ1n) is 7.23. The van der Waals surface area contributed by atoms with Gasteiger partial charge in [-0.05, 0) is 48.7 Å². The Morgan fingerprint density at radius 3 is 2.81 bits per heavy atom. The molecule has 0 N–H and O–H groups in total. The number of rotatable bonds is 3. The van der Waals surface area contributed by atoms with E-state index in [9.17, 15) is 4.79 Å². The van der Waals surface area contributed by atoms with Gasteiger partial charge in [0.05, 0.1) is 6.42 Å². The average molecular weight is 301 g/mol. The molecule has 2 aromatic heterocycles. The summed E-state index contributed by atoms with van der Waals surface area (Å²) in [5.41, 5.74) is 3.11. The number of likely N-dealkylation sites (tertiary alicyclic amines) is 1. The number of aromatic nitrogens is 2. The van der Waals surface area contributed by atoms with Gasteiger partial charge in [-0.2, -0.15) is 11.3 Å². The summed E-state index contributed by atoms with van der Waals surface area (Å²) >= 11 is 1.63. The molecule has 4 nitrogen and oxygen atoms in total. The maximum absolute atomic E-state index is 12.3. The first-order valence-corrected chi connectivity index (χ1v) is 8.17. The lowest BCUT2D eigenvalue weighted by atomic mass is 10.1. The highest BCUT2D eigenvalue weighted by atomic mass is 32.1. The Labute approximate surface area is 128 Å². The van der Waals surface area contributed by atoms with Gasteiger partial charge in [-0.1, -0.05) is 0 Å². The van der Waals surface area contributed by atoms with Crippen molar-refractivity contribution in [1.82, 2.24) is 14.9 Å². The van der Waals surface area contributed by atoms with Gasteiger partial charge < -0.3 is 4.90 Å². The van der Waals surface area contributed by atoms with Crippen molar-refractivity contribution in [2.24, 2.45) is 0 Å². The predicted octanol–water partition coefficient (Wildman–Crippen LogP) is 2.71. The zero-order valence-electron chi connectivity index (χ0n) is 12.4. The third-order valence-electron chi connectivity index (χ3n) is 3.84. The molecule has 3 rings (SSSR count). The third-order valence-corrected chi connectivity index (χ3v) is 4.57. The van der Waals surface area contributed by atoms with E-state index in [2.05, 4.69) is 9.97 Å². The minimum atomic E-state index is 0.209. The largest absolute Gasteiger partial charge is 0.342 e. The summed E-state index contributed by atoms with van der Waals surface area (Å²) in [5.74, 6) is 1.37. The molecule has 110 valence electrons. The van der Waals surface area contributed by atoms with Crippen molar-refractivity contribution < 1.29 is 4.79 Å². The molecule has 21 heavy (non-hydrogen) atoms. The fraction of sp³-hybridized carbons (Fsp3) is 0.438. The molecule has 0 aliphatic carbocycles. The Hall–Kier alpha value is -1.75. The van der Waals surface area contributed by atoms with Crippen molar-refractivity contribution in [3.05, 3.63) is 45.7 Å². The molecule has 3 heterocycles. The molecule has 1 aliphatic heterocycles. The van der Waals surface area contributed by atoms with Crippen LogP contribution in [0.1, 0.15) is 35.1 Å². The van der Waals surface area contributed by atoms with Gasteiger partial charge in [0.2, 0.25) is 5.91 Å². The summed E-state index contributed by atoms with van der Waals surface area (Å²) in [7, 11) is 0. The van der Waals surface area contributed by atoms with Crippen LogP contribution in [0, 0.1) is 13.8 Å². The molecule has 1 atom stereocenters. The van der Waals surface area contributed by atoms with E-state index in [1.165, 1.54) is 0 Å². The fourth-order valence-corrected chi connectivity index (χ4v) is 3.48. The van der Waals surface area contributed by atoms with Gasteiger partial charge in [-0.15, -0.1) is 0 Å². The minimum absolute atomic E-state index is 0.209. The van der Waals surface area contributed by atoms with Crippen LogP contribution >= 0.6 is 11.3 Å². The van der Waals surface area contributed by atoms with Crippen LogP contribution in [0.15, 0.2) is 22.9 Å². The molecule has 1 saturated heterocycles. The Kier molecular flexibility index (Phi) is 4.01. The van der Waals surface area contributed by atoms with Gasteiger partial charge in [0, 0.05) is 30.4 Å². The number of carbonyl (C=O) groups is 1. The summed E-state index contributed by atoms with van der Waals surface area (Å²) in [6, 6.07) is 4.00. The lowest BCUT2D eigenvalue weighted by Crippen LogP contribution is -2.30. The number of amides is 1. The van der Waals surface area contributed by atoms with Crippen molar-refractivity contribution in [3.63, 3.8) is 0 Å². The molecule has 2 aromatic rings. The monoisotopic (exact) mass is 301 g/mol. The van der Waals surface area contributed by atoms with Gasteiger partial charge in [0.25, 0.3) is 0 Å². The number of thiophene rings is 1. The van der Waals surface area contributed by atoms with Crippen LogP contribution in [0.25, 0.3) is 0 Å². The summed E-state index contributed by atoms with van der Waals surface area (Å²) in [6.07, 6.45) is 1.46. The topological polar surface area (TPSA) is 46.1 Å². The van der Waals surface area contributed by atoms with Crippen molar-refractivity contribution in [2.75, 3.05) is 13.1 Å². The number of aryl methyl sites for hydroxylation is 2. The van der Waals surface area contributed by atoms with E-state index in [1.54, 1.807) is 11.3 Å². The second kappa shape index (κ2) is 5.93. The van der Waals surface area contributed by atoms with E-state index in [4.69, 9.17) is 0 Å². The van der Waals surface area contributed by atoms with E-state index in [-0.39, 0.29) is 11.8 Å². The molecular weight excluding hydrogens is 282 g/mol. The molecule has 0 aromatic carbocycles. The van der Waals surface area contributed by atoms with Crippen molar-refractivity contribution in [2.45, 2.75) is 32.6 Å². The van der Waals surface area contributed by atoms with Crippen LogP contribution < -0.4 is 0 Å². The standard InChI is InChI=1S/C16H19N3OS/c1-11-7-12(2)18-16(17-11)14-3-5-19(9-14)15(20)8-13-4-6-21-10-13/h4,6-7,10,14H,3,5,8-9H2,1-2H3/t14-/m0/s1. The first kappa shape index (κ1) is 14.2. The van der Waals surface area contributed by atoms with Crippen molar-refractivity contribution in [1.29, 1.82) is 0 Å². The molecule has 1 amide bonds. The zero-order chi connectivity index (χ0) is 14.8. The van der Waals surface area contributed by atoms with E-state index >= 15 is 0 Å². The second-order valence-corrected chi connectivity index (χ2v) is 6.42. The van der Waals surface area contributed by atoms with Gasteiger partial charge >= 0.3 is 0 Å². The summed E-state index contributed by atoms with van der Waals surface area (Å²) in [5, 5.41) is 4.05. The van der Waals surface area contributed by atoms with Gasteiger partial charge in [0.1, 0.15) is 5.82 Å². The Balaban J connectivity index is 1.66. The Morgan fingerprint density at radius 1 is 1.38 bits per heavy atom. The molecule has 0 bridgehead atoms. The van der Waals surface area contributed by atoms with Crippen LogP contribution in [-0.2, 0) is 11.2 Å². The summed E-state index contributed by atoms with van der Waals surface area (Å²) < 4.78 is 0. The SMILES string of the molecule is Cc1cc(C)nc([C@H]2CCN(C(=O)Cc3ccsc3)C2)n1. The van der Waals surface area contributed by atoms with Gasteiger partial charge in [-0.3, -0.25) is 4.79 Å². The van der Waals surface area contributed by atoms with Crippen LogP contribution in [0.3, 0.4) is 0 Å². The van der Waals surface area contributed by atoms with Crippen LogP contribution in [0.5, 0.6) is 0 Å². The summed E-state index contributed by atoms with van der Waals surface area (Å²) in [4.78, 5) is 23.3. The molecule has 0 unspecified atom stereocenters. The highest BCUT2D eigenvalue weighted by molar-refractivity contribution is 7.07. The quantitative estimate of drug-likeness (QED) is 0.875. The Bertz CT molecular complexity index is 619. The number of hydrogen-bond donors (Lipinski definition) is 0. The highest BCUT2D eigenvalue weighted by Gasteiger charge is 2.29. The van der Waals surface area contributed by atoms with Crippen molar-refractivity contribution >= 4 is 17.2 Å². The van der Waals surface area contributed by atoms with E-state index in [0.717, 1.165) is 42.3 Å². The normalized spacial score (nSPS) is 18.2. The predicted molar refractivity (Wildman–Crippen MR) is 83.5 cm³/mol. The third kappa shape index (κ3) is 3.29.